The fraction of sp³-hybridized carbons (Fsp3) is 0.360. The van der Waals surface area contributed by atoms with Crippen molar-refractivity contribution >= 4 is 28.4 Å². The highest BCUT2D eigenvalue weighted by molar-refractivity contribution is 6.00. The van der Waals surface area contributed by atoms with Gasteiger partial charge in [-0.05, 0) is 49.1 Å². The number of hydrogen-bond donors (Lipinski definition) is 1. The monoisotopic (exact) mass is 417 g/mol. The second kappa shape index (κ2) is 8.10. The van der Waals surface area contributed by atoms with E-state index in [1.165, 1.54) is 0 Å². The summed E-state index contributed by atoms with van der Waals surface area (Å²) < 4.78 is 7.93. The number of nitrogens with zero attached hydrogens (tertiary/aromatic N) is 2. The van der Waals surface area contributed by atoms with Gasteiger partial charge in [-0.2, -0.15) is 0 Å². The first kappa shape index (κ1) is 19.7. The molecule has 31 heavy (non-hydrogen) atoms. The van der Waals surface area contributed by atoms with Crippen LogP contribution >= 0.6 is 0 Å². The summed E-state index contributed by atoms with van der Waals surface area (Å²) in [5, 5.41) is 4.05. The van der Waals surface area contributed by atoms with Crippen molar-refractivity contribution in [1.82, 2.24) is 9.47 Å². The molecule has 0 bridgehead atoms. The van der Waals surface area contributed by atoms with Crippen LogP contribution in [0.15, 0.2) is 48.7 Å². The molecule has 1 saturated heterocycles. The Morgan fingerprint density at radius 1 is 1.16 bits per heavy atom. The molecule has 6 nitrogen and oxygen atoms in total. The SMILES string of the molecule is Cn1cc(CC(=O)Nc2ccc3c(c2)C(=O)N2CCCCC2CCO3)c2ccccc21. The second-order valence-electron chi connectivity index (χ2n) is 8.50. The predicted octanol–water partition coefficient (Wildman–Crippen LogP) is 4.14. The Morgan fingerprint density at radius 2 is 2.03 bits per heavy atom. The minimum Gasteiger partial charge on any atom is -0.493 e. The smallest absolute Gasteiger partial charge is 0.257 e. The molecule has 2 amide bonds. The molecule has 3 aromatic rings. The molecule has 0 saturated carbocycles. The van der Waals surface area contributed by atoms with Crippen molar-refractivity contribution in [2.45, 2.75) is 38.1 Å². The molecule has 0 spiro atoms. The highest BCUT2D eigenvalue weighted by Crippen LogP contribution is 2.31. The summed E-state index contributed by atoms with van der Waals surface area (Å²) in [6, 6.07) is 13.7. The lowest BCUT2D eigenvalue weighted by atomic mass is 9.97. The highest BCUT2D eigenvalue weighted by Gasteiger charge is 2.31. The van der Waals surface area contributed by atoms with E-state index in [1.807, 2.05) is 53.0 Å². The van der Waals surface area contributed by atoms with Gasteiger partial charge in [0.1, 0.15) is 5.75 Å². The molecular weight excluding hydrogens is 390 g/mol. The lowest BCUT2D eigenvalue weighted by Crippen LogP contribution is -2.45. The Labute approximate surface area is 181 Å². The molecule has 1 atom stereocenters. The van der Waals surface area contributed by atoms with Crippen molar-refractivity contribution in [3.63, 3.8) is 0 Å². The Morgan fingerprint density at radius 3 is 2.94 bits per heavy atom. The van der Waals surface area contributed by atoms with Crippen molar-refractivity contribution in [3.05, 3.63) is 59.8 Å². The summed E-state index contributed by atoms with van der Waals surface area (Å²) in [5.74, 6) is 0.497. The molecule has 0 aliphatic carbocycles. The van der Waals surface area contributed by atoms with E-state index in [0.717, 1.165) is 48.7 Å². The minimum absolute atomic E-state index is 0.00422. The summed E-state index contributed by atoms with van der Waals surface area (Å²) in [5.41, 5.74) is 3.24. The highest BCUT2D eigenvalue weighted by atomic mass is 16.5. The van der Waals surface area contributed by atoms with Crippen molar-refractivity contribution in [3.8, 4) is 5.75 Å². The third-order valence-corrected chi connectivity index (χ3v) is 6.42. The quantitative estimate of drug-likeness (QED) is 0.697. The first-order chi connectivity index (χ1) is 15.1. The number of aryl methyl sites for hydroxylation is 1. The summed E-state index contributed by atoms with van der Waals surface area (Å²) in [6.45, 7) is 1.40. The van der Waals surface area contributed by atoms with Gasteiger partial charge in [-0.1, -0.05) is 18.2 Å². The number of ether oxygens (including phenoxy) is 1. The first-order valence-corrected chi connectivity index (χ1v) is 11.0. The molecule has 160 valence electrons. The zero-order chi connectivity index (χ0) is 21.4. The molecule has 2 aliphatic heterocycles. The number of carbonyl (C=O) groups excluding carboxylic acids is 2. The molecule has 2 aromatic carbocycles. The van der Waals surface area contributed by atoms with E-state index in [2.05, 4.69) is 5.32 Å². The molecule has 1 fully saturated rings. The topological polar surface area (TPSA) is 63.6 Å². The molecule has 6 heteroatoms. The van der Waals surface area contributed by atoms with Gasteiger partial charge in [0.15, 0.2) is 0 Å². The van der Waals surface area contributed by atoms with Gasteiger partial charge >= 0.3 is 0 Å². The fourth-order valence-corrected chi connectivity index (χ4v) is 4.87. The Bertz CT molecular complexity index is 1150. The zero-order valence-electron chi connectivity index (χ0n) is 17.8. The number of hydrogen-bond acceptors (Lipinski definition) is 3. The van der Waals surface area contributed by atoms with Crippen LogP contribution in [0.3, 0.4) is 0 Å². The van der Waals surface area contributed by atoms with Crippen LogP contribution in [0.2, 0.25) is 0 Å². The molecule has 0 radical (unpaired) electrons. The number of para-hydroxylation sites is 1. The summed E-state index contributed by atoms with van der Waals surface area (Å²) >= 11 is 0. The van der Waals surface area contributed by atoms with Crippen molar-refractivity contribution in [2.24, 2.45) is 7.05 Å². The Kier molecular flexibility index (Phi) is 5.14. The standard InChI is InChI=1S/C25H27N3O3/c1-27-16-17(20-7-2-3-8-22(20)27)14-24(29)26-18-9-10-23-21(15-18)25(30)28-12-5-4-6-19(28)11-13-31-23/h2-3,7-10,15-16,19H,4-6,11-14H2,1H3,(H,26,29). The number of benzene rings is 2. The number of piperidine rings is 1. The first-order valence-electron chi connectivity index (χ1n) is 11.0. The van der Waals surface area contributed by atoms with E-state index in [0.29, 0.717) is 23.6 Å². The summed E-state index contributed by atoms with van der Waals surface area (Å²) in [4.78, 5) is 28.0. The molecule has 3 heterocycles. The number of carbonyl (C=O) groups is 2. The zero-order valence-corrected chi connectivity index (χ0v) is 17.8. The molecule has 2 aliphatic rings. The minimum atomic E-state index is -0.105. The van der Waals surface area contributed by atoms with Crippen LogP contribution in [0.5, 0.6) is 5.75 Å². The van der Waals surface area contributed by atoms with Gasteiger partial charge < -0.3 is 19.5 Å². The van der Waals surface area contributed by atoms with Gasteiger partial charge in [-0.3, -0.25) is 9.59 Å². The Hall–Kier alpha value is -3.28. The van der Waals surface area contributed by atoms with Crippen LogP contribution in [0.25, 0.3) is 10.9 Å². The number of amides is 2. The van der Waals surface area contributed by atoms with Crippen LogP contribution in [0.4, 0.5) is 5.69 Å². The number of aromatic nitrogens is 1. The van der Waals surface area contributed by atoms with E-state index < -0.39 is 0 Å². The third kappa shape index (κ3) is 3.78. The van der Waals surface area contributed by atoms with Gasteiger partial charge in [0, 0.05) is 48.8 Å². The molecule has 5 rings (SSSR count). The van der Waals surface area contributed by atoms with Crippen molar-refractivity contribution < 1.29 is 14.3 Å². The molecular formula is C25H27N3O3. The van der Waals surface area contributed by atoms with E-state index in [9.17, 15) is 9.59 Å². The molecule has 1 unspecified atom stereocenters. The predicted molar refractivity (Wildman–Crippen MR) is 120 cm³/mol. The van der Waals surface area contributed by atoms with Crippen LogP contribution in [-0.2, 0) is 18.3 Å². The lowest BCUT2D eigenvalue weighted by molar-refractivity contribution is -0.115. The maximum Gasteiger partial charge on any atom is 0.257 e. The van der Waals surface area contributed by atoms with Crippen LogP contribution in [-0.4, -0.2) is 40.5 Å². The summed E-state index contributed by atoms with van der Waals surface area (Å²) in [7, 11) is 1.98. The number of fused-ring (bicyclic) bond motifs is 3. The van der Waals surface area contributed by atoms with Crippen LogP contribution in [0, 0.1) is 0 Å². The maximum absolute atomic E-state index is 13.2. The average molecular weight is 418 g/mol. The van der Waals surface area contributed by atoms with Crippen LogP contribution in [0.1, 0.15) is 41.6 Å². The van der Waals surface area contributed by atoms with Gasteiger partial charge in [0.05, 0.1) is 18.6 Å². The van der Waals surface area contributed by atoms with E-state index >= 15 is 0 Å². The van der Waals surface area contributed by atoms with Crippen molar-refractivity contribution in [1.29, 1.82) is 0 Å². The van der Waals surface area contributed by atoms with Gasteiger partial charge in [0.2, 0.25) is 5.91 Å². The number of anilines is 1. The lowest BCUT2D eigenvalue weighted by Gasteiger charge is -2.37. The van der Waals surface area contributed by atoms with Gasteiger partial charge in [-0.25, -0.2) is 0 Å². The average Bonchev–Trinajstić information content (AvgIpc) is 3.09. The number of rotatable bonds is 3. The third-order valence-electron chi connectivity index (χ3n) is 6.42. The van der Waals surface area contributed by atoms with Crippen molar-refractivity contribution in [2.75, 3.05) is 18.5 Å². The number of nitrogens with one attached hydrogen (secondary N) is 1. The van der Waals surface area contributed by atoms with Gasteiger partial charge in [0.25, 0.3) is 5.91 Å². The molecule has 1 aromatic heterocycles. The van der Waals surface area contributed by atoms with E-state index in [1.54, 1.807) is 12.1 Å². The van der Waals surface area contributed by atoms with Crippen LogP contribution < -0.4 is 10.1 Å². The normalized spacial score (nSPS) is 18.5. The van der Waals surface area contributed by atoms with E-state index in [4.69, 9.17) is 4.74 Å². The fourth-order valence-electron chi connectivity index (χ4n) is 4.87. The molecule has 1 N–H and O–H groups in total. The Balaban J connectivity index is 1.36. The van der Waals surface area contributed by atoms with Gasteiger partial charge in [-0.15, -0.1) is 0 Å². The second-order valence-corrected chi connectivity index (χ2v) is 8.50. The largest absolute Gasteiger partial charge is 0.493 e. The maximum atomic E-state index is 13.2. The van der Waals surface area contributed by atoms with E-state index in [-0.39, 0.29) is 24.3 Å². The summed E-state index contributed by atoms with van der Waals surface area (Å²) in [6.07, 6.45) is 6.38.